The van der Waals surface area contributed by atoms with E-state index in [1.54, 1.807) is 0 Å². The number of rotatable bonds is 4. The lowest BCUT2D eigenvalue weighted by Gasteiger charge is -2.05. The maximum atomic E-state index is 13.0. The Morgan fingerprint density at radius 2 is 1.51 bits per heavy atom. The molecule has 3 aromatic heterocycles. The second-order valence-corrected chi connectivity index (χ2v) is 9.27. The highest BCUT2D eigenvalue weighted by Gasteiger charge is 2.18. The molecule has 2 N–H and O–H groups in total. The Bertz CT molecular complexity index is 1630. The van der Waals surface area contributed by atoms with Gasteiger partial charge in [0.15, 0.2) is 5.13 Å². The number of nitrogens with zero attached hydrogens (tertiary/aromatic N) is 3. The lowest BCUT2D eigenvalue weighted by Crippen LogP contribution is -2.29. The van der Waals surface area contributed by atoms with Crippen molar-refractivity contribution in [2.75, 3.05) is 5.32 Å². The van der Waals surface area contributed by atoms with Crippen LogP contribution in [-0.2, 0) is 7.05 Å². The summed E-state index contributed by atoms with van der Waals surface area (Å²) in [5.41, 5.74) is 4.07. The van der Waals surface area contributed by atoms with Gasteiger partial charge in [0.2, 0.25) is 0 Å². The predicted octanol–water partition coefficient (Wildman–Crippen LogP) is 4.28. The van der Waals surface area contributed by atoms with Crippen molar-refractivity contribution in [2.45, 2.75) is 13.8 Å². The summed E-state index contributed by atoms with van der Waals surface area (Å²) in [4.78, 5) is 49.2. The third kappa shape index (κ3) is 4.29. The van der Waals surface area contributed by atoms with Crippen molar-refractivity contribution in [1.82, 2.24) is 19.5 Å². The highest BCUT2D eigenvalue weighted by atomic mass is 32.1. The quantitative estimate of drug-likeness (QED) is 0.396. The number of benzene rings is 2. The molecule has 0 aliphatic carbocycles. The molecule has 2 aromatic carbocycles. The van der Waals surface area contributed by atoms with Crippen LogP contribution in [-0.4, -0.2) is 25.4 Å². The molecule has 0 spiro atoms. The summed E-state index contributed by atoms with van der Waals surface area (Å²) in [5, 5.41) is 3.47. The zero-order valence-electron chi connectivity index (χ0n) is 19.2. The lowest BCUT2D eigenvalue weighted by molar-refractivity contribution is 0.102. The number of pyridine rings is 1. The van der Waals surface area contributed by atoms with Crippen molar-refractivity contribution in [3.63, 3.8) is 0 Å². The Labute approximate surface area is 204 Å². The van der Waals surface area contributed by atoms with Gasteiger partial charge in [0.1, 0.15) is 11.3 Å². The molecule has 174 valence electrons. The van der Waals surface area contributed by atoms with Crippen LogP contribution in [0.4, 0.5) is 5.13 Å². The zero-order chi connectivity index (χ0) is 24.7. The molecular formula is C26H21N5O3S. The first-order chi connectivity index (χ1) is 16.8. The molecule has 0 saturated carbocycles. The molecule has 1 amide bonds. The molecule has 0 bridgehead atoms. The van der Waals surface area contributed by atoms with Crippen molar-refractivity contribution in [3.05, 3.63) is 98.3 Å². The topological polar surface area (TPSA) is 110 Å². The smallest absolute Gasteiger partial charge is 0.296 e. The van der Waals surface area contributed by atoms with Crippen LogP contribution in [0.3, 0.4) is 0 Å². The summed E-state index contributed by atoms with van der Waals surface area (Å²) >= 11 is 1.37. The largest absolute Gasteiger partial charge is 0.329 e. The van der Waals surface area contributed by atoms with Gasteiger partial charge in [-0.2, -0.15) is 0 Å². The van der Waals surface area contributed by atoms with E-state index in [0.717, 1.165) is 32.8 Å². The van der Waals surface area contributed by atoms with Gasteiger partial charge in [-0.1, -0.05) is 71.0 Å². The van der Waals surface area contributed by atoms with E-state index in [1.807, 2.05) is 62.4 Å². The average Bonchev–Trinajstić information content (AvgIpc) is 3.26. The van der Waals surface area contributed by atoms with Gasteiger partial charge in [-0.05, 0) is 31.5 Å². The molecule has 8 nitrogen and oxygen atoms in total. The van der Waals surface area contributed by atoms with Gasteiger partial charge in [0.05, 0.1) is 16.0 Å². The van der Waals surface area contributed by atoms with Crippen molar-refractivity contribution in [1.29, 1.82) is 0 Å². The fraction of sp³-hybridized carbons (Fsp3) is 0.115. The maximum absolute atomic E-state index is 13.0. The number of carbonyl (C=O) groups excluding carboxylic acids is 1. The highest BCUT2D eigenvalue weighted by Crippen LogP contribution is 2.39. The SMILES string of the molecule is Cc1ccc(-c2nc(NC(=O)c3ccc4c(=O)[nH]c(=O)n(C)c4n3)sc2-c2ccc(C)cc2)cc1. The van der Waals surface area contributed by atoms with Crippen molar-refractivity contribution in [2.24, 2.45) is 7.05 Å². The lowest BCUT2D eigenvalue weighted by atomic mass is 10.0. The molecule has 0 atom stereocenters. The van der Waals surface area contributed by atoms with Crippen LogP contribution in [0.25, 0.3) is 32.7 Å². The summed E-state index contributed by atoms with van der Waals surface area (Å²) in [6.07, 6.45) is 0. The molecule has 0 unspecified atom stereocenters. The summed E-state index contributed by atoms with van der Waals surface area (Å²) < 4.78 is 1.20. The minimum Gasteiger partial charge on any atom is -0.296 e. The maximum Gasteiger partial charge on any atom is 0.329 e. The van der Waals surface area contributed by atoms with E-state index >= 15 is 0 Å². The standard InChI is InChI=1S/C26H21N5O3S/c1-14-4-8-16(9-5-14)20-21(17-10-6-15(2)7-11-17)35-25(28-20)29-24(33)19-13-12-18-22(27-19)31(3)26(34)30-23(18)32/h4-13H,1-3H3,(H,28,29,33)(H,30,32,34). The molecule has 0 radical (unpaired) electrons. The fourth-order valence-electron chi connectivity index (χ4n) is 3.69. The van der Waals surface area contributed by atoms with Crippen LogP contribution in [0.2, 0.25) is 0 Å². The number of aryl methyl sites for hydroxylation is 3. The number of amides is 1. The Kier molecular flexibility index (Phi) is 5.62. The number of carbonyl (C=O) groups is 1. The van der Waals surface area contributed by atoms with Gasteiger partial charge >= 0.3 is 5.69 Å². The summed E-state index contributed by atoms with van der Waals surface area (Å²) in [6.45, 7) is 4.06. The number of aromatic nitrogens is 4. The van der Waals surface area contributed by atoms with E-state index in [1.165, 1.54) is 35.1 Å². The zero-order valence-corrected chi connectivity index (χ0v) is 20.1. The number of hydrogen-bond donors (Lipinski definition) is 2. The molecule has 0 saturated heterocycles. The van der Waals surface area contributed by atoms with Gasteiger partial charge in [-0.25, -0.2) is 14.8 Å². The number of fused-ring (bicyclic) bond motifs is 1. The van der Waals surface area contributed by atoms with Gasteiger partial charge in [0, 0.05) is 12.6 Å². The average molecular weight is 484 g/mol. The number of hydrogen-bond acceptors (Lipinski definition) is 6. The van der Waals surface area contributed by atoms with Crippen molar-refractivity contribution >= 4 is 33.4 Å². The van der Waals surface area contributed by atoms with Crippen LogP contribution >= 0.6 is 11.3 Å². The van der Waals surface area contributed by atoms with Crippen LogP contribution < -0.4 is 16.6 Å². The number of thiazole rings is 1. The number of aromatic amines is 1. The second kappa shape index (κ2) is 8.77. The van der Waals surface area contributed by atoms with E-state index in [9.17, 15) is 14.4 Å². The number of nitrogens with one attached hydrogen (secondary N) is 2. The molecule has 5 rings (SSSR count). The van der Waals surface area contributed by atoms with Crippen LogP contribution in [0.5, 0.6) is 0 Å². The summed E-state index contributed by atoms with van der Waals surface area (Å²) in [6, 6.07) is 19.2. The summed E-state index contributed by atoms with van der Waals surface area (Å²) in [5.74, 6) is -0.487. The minimum atomic E-state index is -0.599. The Morgan fingerprint density at radius 1 is 0.886 bits per heavy atom. The third-order valence-electron chi connectivity index (χ3n) is 5.68. The molecule has 0 aliphatic heterocycles. The molecule has 0 aliphatic rings. The second-order valence-electron chi connectivity index (χ2n) is 8.27. The van der Waals surface area contributed by atoms with E-state index in [-0.39, 0.29) is 16.7 Å². The van der Waals surface area contributed by atoms with E-state index < -0.39 is 17.2 Å². The predicted molar refractivity (Wildman–Crippen MR) is 138 cm³/mol. The number of H-pyrrole nitrogens is 1. The minimum absolute atomic E-state index is 0.0714. The van der Waals surface area contributed by atoms with Crippen LogP contribution in [0.15, 0.2) is 70.3 Å². The molecular weight excluding hydrogens is 462 g/mol. The number of anilines is 1. The third-order valence-corrected chi connectivity index (χ3v) is 6.70. The van der Waals surface area contributed by atoms with Crippen LogP contribution in [0.1, 0.15) is 21.6 Å². The van der Waals surface area contributed by atoms with Gasteiger partial charge in [-0.3, -0.25) is 24.5 Å². The first-order valence-electron chi connectivity index (χ1n) is 10.9. The van der Waals surface area contributed by atoms with E-state index in [2.05, 4.69) is 15.3 Å². The highest BCUT2D eigenvalue weighted by molar-refractivity contribution is 7.19. The Hall–Kier alpha value is -4.37. The first kappa shape index (κ1) is 22.4. The van der Waals surface area contributed by atoms with Gasteiger partial charge < -0.3 is 0 Å². The molecule has 5 aromatic rings. The Morgan fingerprint density at radius 3 is 2.17 bits per heavy atom. The summed E-state index contributed by atoms with van der Waals surface area (Å²) in [7, 11) is 1.48. The van der Waals surface area contributed by atoms with E-state index in [4.69, 9.17) is 4.98 Å². The van der Waals surface area contributed by atoms with Gasteiger partial charge in [0.25, 0.3) is 11.5 Å². The van der Waals surface area contributed by atoms with Crippen LogP contribution in [0, 0.1) is 13.8 Å². The first-order valence-corrected chi connectivity index (χ1v) is 11.7. The fourth-order valence-corrected chi connectivity index (χ4v) is 4.68. The Balaban J connectivity index is 1.54. The van der Waals surface area contributed by atoms with E-state index in [0.29, 0.717) is 5.13 Å². The van der Waals surface area contributed by atoms with Crippen molar-refractivity contribution < 1.29 is 4.79 Å². The molecule has 0 fully saturated rings. The molecule has 35 heavy (non-hydrogen) atoms. The van der Waals surface area contributed by atoms with Crippen molar-refractivity contribution in [3.8, 4) is 21.7 Å². The van der Waals surface area contributed by atoms with Gasteiger partial charge in [-0.15, -0.1) is 0 Å². The normalized spacial score (nSPS) is 11.1. The molecule has 3 heterocycles. The molecule has 9 heteroatoms. The monoisotopic (exact) mass is 483 g/mol.